The van der Waals surface area contributed by atoms with Gasteiger partial charge in [-0.2, -0.15) is 11.8 Å². The second-order valence-electron chi connectivity index (χ2n) is 3.89. The van der Waals surface area contributed by atoms with E-state index in [0.29, 0.717) is 6.42 Å². The first-order valence-electron chi connectivity index (χ1n) is 5.34. The van der Waals surface area contributed by atoms with Crippen molar-refractivity contribution in [3.05, 3.63) is 0 Å². The molecule has 94 valence electrons. The van der Waals surface area contributed by atoms with E-state index >= 15 is 0 Å². The Kier molecular flexibility index (Phi) is 8.07. The number of hydrogen-bond acceptors (Lipinski definition) is 4. The molecule has 16 heavy (non-hydrogen) atoms. The van der Waals surface area contributed by atoms with Gasteiger partial charge in [-0.1, -0.05) is 6.92 Å². The van der Waals surface area contributed by atoms with Gasteiger partial charge in [-0.05, 0) is 12.2 Å². The number of amides is 1. The maximum atomic E-state index is 11.2. The number of hydrogen-bond donors (Lipinski definition) is 0. The molecule has 5 heteroatoms. The van der Waals surface area contributed by atoms with Crippen LogP contribution in [-0.2, 0) is 14.3 Å². The van der Waals surface area contributed by atoms with Crippen molar-refractivity contribution in [3.63, 3.8) is 0 Å². The topological polar surface area (TPSA) is 46.6 Å². The van der Waals surface area contributed by atoms with Gasteiger partial charge in [-0.15, -0.1) is 0 Å². The van der Waals surface area contributed by atoms with Crippen LogP contribution in [-0.4, -0.2) is 49.5 Å². The zero-order chi connectivity index (χ0) is 12.6. The van der Waals surface area contributed by atoms with Crippen molar-refractivity contribution in [2.24, 2.45) is 5.92 Å². The van der Waals surface area contributed by atoms with Gasteiger partial charge in [0.25, 0.3) is 0 Å². The minimum Gasteiger partial charge on any atom is -0.469 e. The molecule has 0 spiro atoms. The minimum absolute atomic E-state index is 0.0699. The highest BCUT2D eigenvalue weighted by Gasteiger charge is 2.12. The van der Waals surface area contributed by atoms with Crippen LogP contribution in [0.1, 0.15) is 19.8 Å². The quantitative estimate of drug-likeness (QED) is 0.504. The zero-order valence-corrected chi connectivity index (χ0v) is 11.3. The number of ether oxygens (including phenoxy) is 1. The molecule has 0 aromatic rings. The third-order valence-electron chi connectivity index (χ3n) is 2.15. The molecule has 1 amide bonds. The molecule has 0 bridgehead atoms. The number of esters is 1. The summed E-state index contributed by atoms with van der Waals surface area (Å²) in [4.78, 5) is 23.9. The summed E-state index contributed by atoms with van der Waals surface area (Å²) in [6, 6.07) is 0. The van der Waals surface area contributed by atoms with Crippen LogP contribution in [0.25, 0.3) is 0 Å². The van der Waals surface area contributed by atoms with E-state index in [2.05, 4.69) is 4.74 Å². The molecule has 0 aromatic heterocycles. The van der Waals surface area contributed by atoms with Crippen molar-refractivity contribution in [3.8, 4) is 0 Å². The third-order valence-corrected chi connectivity index (χ3v) is 3.46. The molecule has 0 saturated heterocycles. The van der Waals surface area contributed by atoms with Gasteiger partial charge >= 0.3 is 5.97 Å². The first-order valence-corrected chi connectivity index (χ1v) is 6.50. The number of nitrogens with zero attached hydrogens (tertiary/aromatic N) is 1. The SMILES string of the molecule is COC(=O)C(C)CSCCCC(=O)N(C)C. The Labute approximate surface area is 102 Å². The molecule has 0 aromatic carbocycles. The summed E-state index contributed by atoms with van der Waals surface area (Å²) < 4.78 is 4.63. The fraction of sp³-hybridized carbons (Fsp3) is 0.818. The van der Waals surface area contributed by atoms with Crippen LogP contribution in [0, 0.1) is 5.92 Å². The molecule has 0 aliphatic carbocycles. The number of carbonyl (C=O) groups is 2. The average molecular weight is 247 g/mol. The van der Waals surface area contributed by atoms with Crippen molar-refractivity contribution in [1.29, 1.82) is 0 Å². The summed E-state index contributed by atoms with van der Waals surface area (Å²) in [5.41, 5.74) is 0. The summed E-state index contributed by atoms with van der Waals surface area (Å²) in [6.45, 7) is 1.85. The molecule has 0 radical (unpaired) electrons. The molecule has 4 nitrogen and oxygen atoms in total. The van der Waals surface area contributed by atoms with Gasteiger partial charge in [-0.25, -0.2) is 0 Å². The Bertz CT molecular complexity index is 231. The largest absolute Gasteiger partial charge is 0.469 e. The van der Waals surface area contributed by atoms with Crippen molar-refractivity contribution in [2.45, 2.75) is 19.8 Å². The Morgan fingerprint density at radius 1 is 1.38 bits per heavy atom. The van der Waals surface area contributed by atoms with E-state index in [4.69, 9.17) is 0 Å². The van der Waals surface area contributed by atoms with Gasteiger partial charge in [0.05, 0.1) is 13.0 Å². The predicted octanol–water partition coefficient (Wildman–Crippen LogP) is 1.40. The van der Waals surface area contributed by atoms with Gasteiger partial charge in [0.2, 0.25) is 5.91 Å². The van der Waals surface area contributed by atoms with E-state index < -0.39 is 0 Å². The van der Waals surface area contributed by atoms with Crippen LogP contribution in [0.4, 0.5) is 0 Å². The Morgan fingerprint density at radius 2 is 2.00 bits per heavy atom. The summed E-state index contributed by atoms with van der Waals surface area (Å²) in [6.07, 6.45) is 1.43. The first-order chi connectivity index (χ1) is 7.49. The lowest BCUT2D eigenvalue weighted by atomic mass is 10.2. The van der Waals surface area contributed by atoms with E-state index in [1.165, 1.54) is 7.11 Å². The highest BCUT2D eigenvalue weighted by Crippen LogP contribution is 2.12. The van der Waals surface area contributed by atoms with Crippen molar-refractivity contribution >= 4 is 23.6 Å². The monoisotopic (exact) mass is 247 g/mol. The van der Waals surface area contributed by atoms with Crippen LogP contribution in [0.2, 0.25) is 0 Å². The van der Waals surface area contributed by atoms with Crippen molar-refractivity contribution in [1.82, 2.24) is 4.90 Å². The van der Waals surface area contributed by atoms with Crippen LogP contribution < -0.4 is 0 Å². The van der Waals surface area contributed by atoms with E-state index in [1.807, 2.05) is 6.92 Å². The molecule has 0 rings (SSSR count). The van der Waals surface area contributed by atoms with Crippen LogP contribution in [0.3, 0.4) is 0 Å². The molecule has 1 atom stereocenters. The van der Waals surface area contributed by atoms with Crippen LogP contribution in [0.5, 0.6) is 0 Å². The Morgan fingerprint density at radius 3 is 2.50 bits per heavy atom. The third kappa shape index (κ3) is 6.71. The summed E-state index contributed by atoms with van der Waals surface area (Å²) in [5, 5.41) is 0. The summed E-state index contributed by atoms with van der Waals surface area (Å²) >= 11 is 1.69. The van der Waals surface area contributed by atoms with Crippen LogP contribution in [0.15, 0.2) is 0 Å². The average Bonchev–Trinajstić information content (AvgIpc) is 2.26. The van der Waals surface area contributed by atoms with Gasteiger partial charge in [0.15, 0.2) is 0 Å². The maximum absolute atomic E-state index is 11.2. The highest BCUT2D eigenvalue weighted by atomic mass is 32.2. The molecule has 0 N–H and O–H groups in total. The van der Waals surface area contributed by atoms with E-state index in [0.717, 1.165) is 17.9 Å². The summed E-state index contributed by atoms with van der Waals surface area (Å²) in [5.74, 6) is 1.57. The van der Waals surface area contributed by atoms with Crippen molar-refractivity contribution in [2.75, 3.05) is 32.7 Å². The molecule has 0 saturated carbocycles. The fourth-order valence-electron chi connectivity index (χ4n) is 1.08. The Hall–Kier alpha value is -0.710. The van der Waals surface area contributed by atoms with Gasteiger partial charge in [0, 0.05) is 26.3 Å². The lowest BCUT2D eigenvalue weighted by molar-refractivity contribution is -0.144. The molecule has 0 aliphatic rings. The fourth-order valence-corrected chi connectivity index (χ4v) is 2.08. The van der Waals surface area contributed by atoms with E-state index in [1.54, 1.807) is 30.8 Å². The van der Waals surface area contributed by atoms with Crippen molar-refractivity contribution < 1.29 is 14.3 Å². The summed E-state index contributed by atoms with van der Waals surface area (Å²) in [7, 11) is 4.92. The number of methoxy groups -OCH3 is 1. The van der Waals surface area contributed by atoms with Gasteiger partial charge in [-0.3, -0.25) is 9.59 Å². The maximum Gasteiger partial charge on any atom is 0.309 e. The molecule has 1 unspecified atom stereocenters. The van der Waals surface area contributed by atoms with Gasteiger partial charge in [0.1, 0.15) is 0 Å². The standard InChI is InChI=1S/C11H21NO3S/c1-9(11(14)15-4)8-16-7-5-6-10(13)12(2)3/h9H,5-8H2,1-4H3. The number of rotatable bonds is 7. The molecule has 0 aliphatic heterocycles. The lowest BCUT2D eigenvalue weighted by Crippen LogP contribution is -2.21. The van der Waals surface area contributed by atoms with Crippen LogP contribution >= 0.6 is 11.8 Å². The first kappa shape index (κ1) is 15.3. The lowest BCUT2D eigenvalue weighted by Gasteiger charge is -2.10. The second-order valence-corrected chi connectivity index (χ2v) is 5.04. The second kappa shape index (κ2) is 8.44. The molecule has 0 fully saturated rings. The smallest absolute Gasteiger partial charge is 0.309 e. The van der Waals surface area contributed by atoms with E-state index in [-0.39, 0.29) is 17.8 Å². The molecular weight excluding hydrogens is 226 g/mol. The molecule has 0 heterocycles. The minimum atomic E-state index is -0.170. The van der Waals surface area contributed by atoms with E-state index in [9.17, 15) is 9.59 Å². The number of carbonyl (C=O) groups excluding carboxylic acids is 2. The van der Waals surface area contributed by atoms with Gasteiger partial charge < -0.3 is 9.64 Å². The normalized spacial score (nSPS) is 12.0. The predicted molar refractivity (Wildman–Crippen MR) is 66.4 cm³/mol. The highest BCUT2D eigenvalue weighted by molar-refractivity contribution is 7.99. The Balaban J connectivity index is 3.47. The zero-order valence-electron chi connectivity index (χ0n) is 10.5. The number of thioether (sulfide) groups is 1. The molecular formula is C11H21NO3S.